The molecule has 0 radical (unpaired) electrons. The van der Waals surface area contributed by atoms with Crippen molar-refractivity contribution in [2.75, 3.05) is 0 Å². The molecule has 0 fully saturated rings. The fraction of sp³-hybridized carbons (Fsp3) is 0.0952. The highest BCUT2D eigenvalue weighted by Crippen LogP contribution is 2.40. The maximum Gasteiger partial charge on any atom is 0.365 e. The first-order valence-electron chi connectivity index (χ1n) is 8.32. The SMILES string of the molecule is O=CC1=CC(c2c3ccc(O)cc3[o+]c3cc(O)ccc23)=C(C(=O)O)CC1. The Morgan fingerprint density at radius 1 is 0.963 bits per heavy atom. The third-order valence-corrected chi connectivity index (χ3v) is 4.69. The lowest BCUT2D eigenvalue weighted by atomic mass is 9.86. The van der Waals surface area contributed by atoms with Gasteiger partial charge in [0.15, 0.2) is 0 Å². The van der Waals surface area contributed by atoms with Crippen molar-refractivity contribution in [1.29, 1.82) is 0 Å². The molecule has 3 aromatic rings. The van der Waals surface area contributed by atoms with Gasteiger partial charge in [-0.3, -0.25) is 4.79 Å². The van der Waals surface area contributed by atoms with Gasteiger partial charge in [0.25, 0.3) is 0 Å². The molecule has 1 heterocycles. The second-order valence-corrected chi connectivity index (χ2v) is 6.37. The van der Waals surface area contributed by atoms with E-state index in [1.165, 1.54) is 24.3 Å². The number of carboxylic acid groups (broad SMARTS) is 1. The molecule has 27 heavy (non-hydrogen) atoms. The molecule has 6 nitrogen and oxygen atoms in total. The molecule has 0 spiro atoms. The molecule has 0 saturated carbocycles. The number of rotatable bonds is 3. The summed E-state index contributed by atoms with van der Waals surface area (Å²) in [5.74, 6) is -1.06. The Bertz CT molecular complexity index is 1130. The van der Waals surface area contributed by atoms with E-state index in [9.17, 15) is 24.9 Å². The van der Waals surface area contributed by atoms with Crippen LogP contribution in [-0.2, 0) is 9.59 Å². The number of hydrogen-bond acceptors (Lipinski definition) is 4. The van der Waals surface area contributed by atoms with Gasteiger partial charge in [0.1, 0.15) is 17.8 Å². The summed E-state index contributed by atoms with van der Waals surface area (Å²) in [4.78, 5) is 23.1. The van der Waals surface area contributed by atoms with Gasteiger partial charge in [-0.25, -0.2) is 9.21 Å². The molecule has 0 atom stereocenters. The van der Waals surface area contributed by atoms with Gasteiger partial charge in [0.05, 0.1) is 22.9 Å². The van der Waals surface area contributed by atoms with E-state index in [0.717, 1.165) is 6.29 Å². The van der Waals surface area contributed by atoms with E-state index >= 15 is 0 Å². The number of carbonyl (C=O) groups excluding carboxylic acids is 1. The second-order valence-electron chi connectivity index (χ2n) is 6.37. The van der Waals surface area contributed by atoms with Crippen LogP contribution >= 0.6 is 0 Å². The van der Waals surface area contributed by atoms with Crippen molar-refractivity contribution < 1.29 is 29.3 Å². The van der Waals surface area contributed by atoms with Crippen LogP contribution < -0.4 is 0 Å². The molecule has 0 aliphatic heterocycles. The van der Waals surface area contributed by atoms with Gasteiger partial charge in [-0.1, -0.05) is 0 Å². The number of phenols is 2. The van der Waals surface area contributed by atoms with E-state index in [1.807, 2.05) is 0 Å². The van der Waals surface area contributed by atoms with Gasteiger partial charge in [0, 0.05) is 11.1 Å². The van der Waals surface area contributed by atoms with Crippen LogP contribution in [0.25, 0.3) is 27.5 Å². The summed E-state index contributed by atoms with van der Waals surface area (Å²) >= 11 is 0. The molecule has 4 rings (SSSR count). The van der Waals surface area contributed by atoms with Crippen LogP contribution in [0.2, 0.25) is 0 Å². The Kier molecular flexibility index (Phi) is 3.88. The molecular formula is C21H15O6+. The Labute approximate surface area is 153 Å². The molecule has 1 aromatic heterocycles. The lowest BCUT2D eigenvalue weighted by Crippen LogP contribution is -2.09. The highest BCUT2D eigenvalue weighted by atomic mass is 16.4. The molecule has 1 aliphatic carbocycles. The summed E-state index contributed by atoms with van der Waals surface area (Å²) < 4.78 is 5.81. The highest BCUT2D eigenvalue weighted by Gasteiger charge is 2.27. The Morgan fingerprint density at radius 3 is 2.07 bits per heavy atom. The zero-order valence-electron chi connectivity index (χ0n) is 14.1. The maximum absolute atomic E-state index is 11.8. The highest BCUT2D eigenvalue weighted by molar-refractivity contribution is 6.12. The predicted molar refractivity (Wildman–Crippen MR) is 99.4 cm³/mol. The maximum atomic E-state index is 11.8. The predicted octanol–water partition coefficient (Wildman–Crippen LogP) is 4.04. The van der Waals surface area contributed by atoms with Crippen LogP contribution in [0.5, 0.6) is 11.5 Å². The van der Waals surface area contributed by atoms with Gasteiger partial charge in [-0.15, -0.1) is 0 Å². The second kappa shape index (κ2) is 6.25. The van der Waals surface area contributed by atoms with E-state index in [1.54, 1.807) is 18.2 Å². The topological polar surface area (TPSA) is 106 Å². The summed E-state index contributed by atoms with van der Waals surface area (Å²) in [5.41, 5.74) is 2.41. The lowest BCUT2D eigenvalue weighted by molar-refractivity contribution is -0.132. The molecule has 134 valence electrons. The van der Waals surface area contributed by atoms with Crippen molar-refractivity contribution in [3.05, 3.63) is 59.2 Å². The minimum absolute atomic E-state index is 0.00286. The molecule has 1 aliphatic rings. The van der Waals surface area contributed by atoms with Crippen molar-refractivity contribution in [3.63, 3.8) is 0 Å². The Balaban J connectivity index is 2.19. The molecule has 0 unspecified atom stereocenters. The van der Waals surface area contributed by atoms with Crippen molar-refractivity contribution in [2.45, 2.75) is 12.8 Å². The van der Waals surface area contributed by atoms with Gasteiger partial charge in [-0.2, -0.15) is 0 Å². The van der Waals surface area contributed by atoms with E-state index in [-0.39, 0.29) is 23.5 Å². The first-order chi connectivity index (χ1) is 13.0. The fourth-order valence-corrected chi connectivity index (χ4v) is 3.44. The number of carbonyl (C=O) groups is 2. The average Bonchev–Trinajstić information content (AvgIpc) is 2.65. The number of phenolic OH excluding ortho intramolecular Hbond substituents is 2. The van der Waals surface area contributed by atoms with Crippen LogP contribution in [0, 0.1) is 0 Å². The fourth-order valence-electron chi connectivity index (χ4n) is 3.44. The standard InChI is InChI=1S/C21H14O6/c22-10-11-1-4-14(21(25)26)17(7-11)20-15-5-2-12(23)8-18(15)27-19-9-13(24)3-6-16(19)20/h2-3,5-10H,1,4H2,(H2-,23,24,25,26)/p+1. The van der Waals surface area contributed by atoms with Crippen LogP contribution in [0.15, 0.2) is 58.0 Å². The normalized spacial score (nSPS) is 14.4. The van der Waals surface area contributed by atoms with Gasteiger partial charge >= 0.3 is 17.1 Å². The van der Waals surface area contributed by atoms with Gasteiger partial charge in [0.2, 0.25) is 0 Å². The summed E-state index contributed by atoms with van der Waals surface area (Å²) in [6, 6.07) is 9.12. The van der Waals surface area contributed by atoms with Crippen LogP contribution in [-0.4, -0.2) is 27.6 Å². The van der Waals surface area contributed by atoms with Crippen molar-refractivity contribution in [2.24, 2.45) is 0 Å². The van der Waals surface area contributed by atoms with Crippen LogP contribution in [0.3, 0.4) is 0 Å². The number of aldehydes is 1. The molecule has 0 amide bonds. The molecule has 3 N–H and O–H groups in total. The van der Waals surface area contributed by atoms with Crippen LogP contribution in [0.4, 0.5) is 0 Å². The summed E-state index contributed by atoms with van der Waals surface area (Å²) in [6.45, 7) is 0. The van der Waals surface area contributed by atoms with E-state index in [2.05, 4.69) is 0 Å². The number of hydrogen-bond donors (Lipinski definition) is 3. The number of carboxylic acids is 1. The number of benzene rings is 2. The molecular weight excluding hydrogens is 348 g/mol. The number of fused-ring (bicyclic) bond motifs is 2. The minimum Gasteiger partial charge on any atom is -0.508 e. The molecule has 6 heteroatoms. The Hall–Kier alpha value is -3.67. The first-order valence-corrected chi connectivity index (χ1v) is 8.32. The number of aliphatic carboxylic acids is 1. The zero-order valence-corrected chi connectivity index (χ0v) is 14.1. The smallest absolute Gasteiger partial charge is 0.365 e. The monoisotopic (exact) mass is 363 g/mol. The summed E-state index contributed by atoms with van der Waals surface area (Å²) in [6.07, 6.45) is 2.92. The molecule has 2 aromatic carbocycles. The Morgan fingerprint density at radius 2 is 1.56 bits per heavy atom. The van der Waals surface area contributed by atoms with Crippen LogP contribution in [0.1, 0.15) is 18.4 Å². The first kappa shape index (κ1) is 16.8. The van der Waals surface area contributed by atoms with Crippen molar-refractivity contribution in [1.82, 2.24) is 0 Å². The van der Waals surface area contributed by atoms with E-state index in [4.69, 9.17) is 4.42 Å². The molecule has 0 saturated heterocycles. The largest absolute Gasteiger partial charge is 0.508 e. The van der Waals surface area contributed by atoms with E-state index < -0.39 is 5.97 Å². The van der Waals surface area contributed by atoms with Crippen molar-refractivity contribution >= 4 is 39.8 Å². The summed E-state index contributed by atoms with van der Waals surface area (Å²) in [5, 5.41) is 30.5. The quantitative estimate of drug-likeness (QED) is 0.368. The number of aromatic hydroxyl groups is 2. The van der Waals surface area contributed by atoms with Gasteiger partial charge < -0.3 is 15.3 Å². The zero-order chi connectivity index (χ0) is 19.1. The lowest BCUT2D eigenvalue weighted by Gasteiger charge is -2.16. The summed E-state index contributed by atoms with van der Waals surface area (Å²) in [7, 11) is 0. The third kappa shape index (κ3) is 2.81. The van der Waals surface area contributed by atoms with Gasteiger partial charge in [-0.05, 0) is 54.3 Å². The minimum atomic E-state index is -1.05. The molecule has 0 bridgehead atoms. The van der Waals surface area contributed by atoms with E-state index in [0.29, 0.717) is 45.1 Å². The average molecular weight is 363 g/mol. The van der Waals surface area contributed by atoms with Crippen molar-refractivity contribution in [3.8, 4) is 11.5 Å². The third-order valence-electron chi connectivity index (χ3n) is 4.69. The number of allylic oxidation sites excluding steroid dienone is 3.